The minimum absolute atomic E-state index is 0.353. The summed E-state index contributed by atoms with van der Waals surface area (Å²) >= 11 is 0. The molecule has 0 unspecified atom stereocenters. The molecule has 0 atom stereocenters. The highest BCUT2D eigenvalue weighted by Crippen LogP contribution is 2.28. The van der Waals surface area contributed by atoms with Crippen molar-refractivity contribution in [2.45, 2.75) is 6.92 Å². The van der Waals surface area contributed by atoms with E-state index in [4.69, 9.17) is 4.98 Å². The lowest BCUT2D eigenvalue weighted by Gasteiger charge is -2.10. The van der Waals surface area contributed by atoms with Gasteiger partial charge in [0.25, 0.3) is 0 Å². The van der Waals surface area contributed by atoms with E-state index in [1.165, 1.54) is 24.3 Å². The zero-order valence-electron chi connectivity index (χ0n) is 14.6. The number of aryl methyl sites for hydroxylation is 1. The molecule has 134 valence electrons. The van der Waals surface area contributed by atoms with Crippen LogP contribution in [-0.2, 0) is 0 Å². The normalized spacial score (nSPS) is 10.7. The number of fused-ring (bicyclic) bond motifs is 1. The van der Waals surface area contributed by atoms with Gasteiger partial charge in [0.1, 0.15) is 11.5 Å². The van der Waals surface area contributed by atoms with Crippen molar-refractivity contribution in [2.75, 3.05) is 10.6 Å². The lowest BCUT2D eigenvalue weighted by molar-refractivity contribution is 0.262. The number of urea groups is 1. The van der Waals surface area contributed by atoms with Gasteiger partial charge in [-0.1, -0.05) is 24.3 Å². The van der Waals surface area contributed by atoms with E-state index in [-0.39, 0.29) is 5.82 Å². The molecule has 0 radical (unpaired) electrons. The van der Waals surface area contributed by atoms with Gasteiger partial charge in [-0.25, -0.2) is 14.2 Å². The summed E-state index contributed by atoms with van der Waals surface area (Å²) in [5, 5.41) is 5.53. The Kier molecular flexibility index (Phi) is 4.30. The maximum absolute atomic E-state index is 13.0. The van der Waals surface area contributed by atoms with Gasteiger partial charge < -0.3 is 15.0 Å². The minimum atomic E-state index is -0.408. The van der Waals surface area contributed by atoms with Gasteiger partial charge >= 0.3 is 6.03 Å². The Morgan fingerprint density at radius 2 is 1.78 bits per heavy atom. The summed E-state index contributed by atoms with van der Waals surface area (Å²) < 4.78 is 14.9. The molecule has 27 heavy (non-hydrogen) atoms. The second-order valence-electron chi connectivity index (χ2n) is 6.18. The molecule has 4 aromatic rings. The van der Waals surface area contributed by atoms with E-state index < -0.39 is 6.03 Å². The largest absolute Gasteiger partial charge is 0.323 e. The number of aromatic nitrogens is 2. The molecule has 0 fully saturated rings. The third-order valence-electron chi connectivity index (χ3n) is 4.23. The highest BCUT2D eigenvalue weighted by Gasteiger charge is 2.12. The van der Waals surface area contributed by atoms with E-state index >= 15 is 0 Å². The van der Waals surface area contributed by atoms with E-state index in [2.05, 4.69) is 10.6 Å². The van der Waals surface area contributed by atoms with Crippen molar-refractivity contribution >= 4 is 23.1 Å². The number of hydrogen-bond donors (Lipinski definition) is 2. The van der Waals surface area contributed by atoms with Crippen molar-refractivity contribution in [3.63, 3.8) is 0 Å². The van der Waals surface area contributed by atoms with E-state index in [0.29, 0.717) is 11.4 Å². The quantitative estimate of drug-likeness (QED) is 0.534. The monoisotopic (exact) mass is 360 g/mol. The Balaban J connectivity index is 1.61. The van der Waals surface area contributed by atoms with Gasteiger partial charge in [-0.3, -0.25) is 0 Å². The van der Waals surface area contributed by atoms with E-state index in [1.54, 1.807) is 0 Å². The summed E-state index contributed by atoms with van der Waals surface area (Å²) in [6.45, 7) is 2.01. The molecule has 2 aromatic heterocycles. The third-order valence-corrected chi connectivity index (χ3v) is 4.23. The summed E-state index contributed by atoms with van der Waals surface area (Å²) in [7, 11) is 0. The predicted molar refractivity (Wildman–Crippen MR) is 104 cm³/mol. The lowest BCUT2D eigenvalue weighted by atomic mass is 10.1. The molecule has 5 nitrogen and oxygen atoms in total. The van der Waals surface area contributed by atoms with Crippen molar-refractivity contribution in [3.8, 4) is 11.3 Å². The third kappa shape index (κ3) is 3.50. The highest BCUT2D eigenvalue weighted by atomic mass is 19.1. The molecule has 2 heterocycles. The van der Waals surface area contributed by atoms with Crippen LogP contribution in [0.25, 0.3) is 16.9 Å². The van der Waals surface area contributed by atoms with Crippen LogP contribution in [0, 0.1) is 12.7 Å². The van der Waals surface area contributed by atoms with Crippen LogP contribution in [0.2, 0.25) is 0 Å². The van der Waals surface area contributed by atoms with E-state index in [1.807, 2.05) is 60.1 Å². The van der Waals surface area contributed by atoms with Crippen molar-refractivity contribution in [1.29, 1.82) is 0 Å². The van der Waals surface area contributed by atoms with E-state index in [9.17, 15) is 9.18 Å². The highest BCUT2D eigenvalue weighted by molar-refractivity contribution is 6.02. The summed E-state index contributed by atoms with van der Waals surface area (Å²) in [5.74, 6) is -0.353. The van der Waals surface area contributed by atoms with Crippen LogP contribution in [0.15, 0.2) is 73.1 Å². The number of nitrogens with zero attached hydrogens (tertiary/aromatic N) is 2. The molecule has 0 saturated heterocycles. The fourth-order valence-corrected chi connectivity index (χ4v) is 2.92. The Morgan fingerprint density at radius 1 is 1.00 bits per heavy atom. The van der Waals surface area contributed by atoms with Crippen LogP contribution in [0.1, 0.15) is 5.56 Å². The van der Waals surface area contributed by atoms with Gasteiger partial charge in [0, 0.05) is 23.6 Å². The number of pyridine rings is 1. The summed E-state index contributed by atoms with van der Waals surface area (Å²) in [5.41, 5.74) is 4.67. The van der Waals surface area contributed by atoms with E-state index in [0.717, 1.165) is 22.5 Å². The second-order valence-corrected chi connectivity index (χ2v) is 6.18. The molecule has 6 heteroatoms. The smallest absolute Gasteiger partial charge is 0.308 e. The van der Waals surface area contributed by atoms with Crippen molar-refractivity contribution in [2.24, 2.45) is 0 Å². The predicted octanol–water partition coefficient (Wildman–Crippen LogP) is 5.09. The minimum Gasteiger partial charge on any atom is -0.308 e. The Morgan fingerprint density at radius 3 is 2.56 bits per heavy atom. The number of nitrogens with one attached hydrogen (secondary N) is 2. The van der Waals surface area contributed by atoms with Crippen LogP contribution in [0.5, 0.6) is 0 Å². The lowest BCUT2D eigenvalue weighted by Crippen LogP contribution is -2.19. The standard InChI is InChI=1S/C21H17FN4O/c1-14-5-4-12-26-13-19(24-20(14)26)17-6-2-3-7-18(17)25-21(27)23-16-10-8-15(22)9-11-16/h2-13H,1H3,(H2,23,25,27). The first-order valence-electron chi connectivity index (χ1n) is 8.47. The number of carbonyl (C=O) groups excluding carboxylic acids is 1. The number of imidazole rings is 1. The van der Waals surface area contributed by atoms with Gasteiger partial charge in [-0.05, 0) is 48.9 Å². The fraction of sp³-hybridized carbons (Fsp3) is 0.0476. The molecule has 2 N–H and O–H groups in total. The first-order chi connectivity index (χ1) is 13.1. The maximum Gasteiger partial charge on any atom is 0.323 e. The molecule has 0 aliphatic carbocycles. The molecular formula is C21H17FN4O. The number of anilines is 2. The zero-order valence-corrected chi connectivity index (χ0v) is 14.6. The SMILES string of the molecule is Cc1cccn2cc(-c3ccccc3NC(=O)Nc3ccc(F)cc3)nc12. The first kappa shape index (κ1) is 16.8. The fourth-order valence-electron chi connectivity index (χ4n) is 2.92. The summed E-state index contributed by atoms with van der Waals surface area (Å²) in [6, 6.07) is 16.6. The topological polar surface area (TPSA) is 58.4 Å². The Hall–Kier alpha value is -3.67. The van der Waals surface area contributed by atoms with Gasteiger partial charge in [-0.2, -0.15) is 0 Å². The van der Waals surface area contributed by atoms with Crippen molar-refractivity contribution < 1.29 is 9.18 Å². The number of rotatable bonds is 3. The molecular weight excluding hydrogens is 343 g/mol. The van der Waals surface area contributed by atoms with Gasteiger partial charge in [0.15, 0.2) is 0 Å². The molecule has 0 aliphatic rings. The van der Waals surface area contributed by atoms with Gasteiger partial charge in [0.2, 0.25) is 0 Å². The summed E-state index contributed by atoms with van der Waals surface area (Å²) in [4.78, 5) is 17.0. The molecule has 4 rings (SSSR count). The average Bonchev–Trinajstić information content (AvgIpc) is 3.09. The number of hydrogen-bond acceptors (Lipinski definition) is 2. The second kappa shape index (κ2) is 6.92. The van der Waals surface area contributed by atoms with Crippen LogP contribution in [-0.4, -0.2) is 15.4 Å². The zero-order chi connectivity index (χ0) is 18.8. The first-order valence-corrected chi connectivity index (χ1v) is 8.47. The van der Waals surface area contributed by atoms with Crippen LogP contribution < -0.4 is 10.6 Å². The van der Waals surface area contributed by atoms with Crippen LogP contribution in [0.3, 0.4) is 0 Å². The molecule has 0 aliphatic heterocycles. The van der Waals surface area contributed by atoms with Crippen molar-refractivity contribution in [1.82, 2.24) is 9.38 Å². The Labute approximate surface area is 155 Å². The summed E-state index contributed by atoms with van der Waals surface area (Å²) in [6.07, 6.45) is 3.87. The Bertz CT molecular complexity index is 1120. The van der Waals surface area contributed by atoms with Crippen LogP contribution >= 0.6 is 0 Å². The average molecular weight is 360 g/mol. The number of benzene rings is 2. The number of halogens is 1. The molecule has 0 spiro atoms. The van der Waals surface area contributed by atoms with Gasteiger partial charge in [0.05, 0.1) is 11.4 Å². The molecule has 2 aromatic carbocycles. The number of para-hydroxylation sites is 1. The number of carbonyl (C=O) groups is 1. The molecule has 0 bridgehead atoms. The molecule has 2 amide bonds. The van der Waals surface area contributed by atoms with Gasteiger partial charge in [-0.15, -0.1) is 0 Å². The number of amides is 2. The molecule has 0 saturated carbocycles. The van der Waals surface area contributed by atoms with Crippen molar-refractivity contribution in [3.05, 3.63) is 84.4 Å². The van der Waals surface area contributed by atoms with Crippen LogP contribution in [0.4, 0.5) is 20.6 Å². The maximum atomic E-state index is 13.0.